The van der Waals surface area contributed by atoms with Gasteiger partial charge in [-0.3, -0.25) is 0 Å². The van der Waals surface area contributed by atoms with E-state index in [0.717, 1.165) is 30.5 Å². The van der Waals surface area contributed by atoms with E-state index in [9.17, 15) is 4.79 Å². The van der Waals surface area contributed by atoms with Gasteiger partial charge >= 0.3 is 6.03 Å². The Morgan fingerprint density at radius 3 is 2.53 bits per heavy atom. The Bertz CT molecular complexity index is 993. The number of piperidine rings is 1. The van der Waals surface area contributed by atoms with Crippen molar-refractivity contribution < 1.29 is 9.32 Å². The second kappa shape index (κ2) is 8.69. The molecule has 6 nitrogen and oxygen atoms in total. The molecule has 0 aliphatic carbocycles. The van der Waals surface area contributed by atoms with Gasteiger partial charge in [0.05, 0.1) is 0 Å². The summed E-state index contributed by atoms with van der Waals surface area (Å²) in [6, 6.07) is 15.7. The van der Waals surface area contributed by atoms with Crippen LogP contribution in [-0.2, 0) is 0 Å². The first-order chi connectivity index (χ1) is 14.5. The molecule has 3 aromatic rings. The highest BCUT2D eigenvalue weighted by Gasteiger charge is 2.32. The van der Waals surface area contributed by atoms with Gasteiger partial charge in [-0.05, 0) is 49.8 Å². The van der Waals surface area contributed by atoms with Gasteiger partial charge in [0.15, 0.2) is 0 Å². The lowest BCUT2D eigenvalue weighted by molar-refractivity contribution is 0.142. The maximum atomic E-state index is 13.0. The second-order valence-electron chi connectivity index (χ2n) is 8.23. The van der Waals surface area contributed by atoms with E-state index >= 15 is 0 Å². The third-order valence-electron chi connectivity index (χ3n) is 5.63. The van der Waals surface area contributed by atoms with Gasteiger partial charge in [-0.1, -0.05) is 61.0 Å². The summed E-state index contributed by atoms with van der Waals surface area (Å²) >= 11 is 0. The van der Waals surface area contributed by atoms with Crippen LogP contribution < -0.4 is 5.32 Å². The molecule has 0 radical (unpaired) electrons. The van der Waals surface area contributed by atoms with E-state index < -0.39 is 0 Å². The number of likely N-dealkylation sites (tertiary alicyclic amines) is 1. The van der Waals surface area contributed by atoms with Crippen molar-refractivity contribution in [3.63, 3.8) is 0 Å². The predicted octanol–water partition coefficient (Wildman–Crippen LogP) is 5.93. The van der Waals surface area contributed by atoms with E-state index in [4.69, 9.17) is 4.52 Å². The summed E-state index contributed by atoms with van der Waals surface area (Å²) in [4.78, 5) is 19.4. The number of hydrogen-bond acceptors (Lipinski definition) is 4. The topological polar surface area (TPSA) is 71.3 Å². The predicted molar refractivity (Wildman–Crippen MR) is 117 cm³/mol. The van der Waals surface area contributed by atoms with Crippen LogP contribution in [0.3, 0.4) is 0 Å². The zero-order chi connectivity index (χ0) is 21.1. The molecule has 1 fully saturated rings. The molecule has 1 unspecified atom stereocenters. The zero-order valence-electron chi connectivity index (χ0n) is 17.8. The van der Waals surface area contributed by atoms with Crippen molar-refractivity contribution in [3.05, 3.63) is 65.5 Å². The van der Waals surface area contributed by atoms with Gasteiger partial charge in [0.25, 0.3) is 0 Å². The molecule has 4 rings (SSSR count). The highest BCUT2D eigenvalue weighted by molar-refractivity contribution is 5.89. The molecular weight excluding hydrogens is 376 g/mol. The Hall–Kier alpha value is -3.15. The number of aromatic nitrogens is 2. The van der Waals surface area contributed by atoms with Gasteiger partial charge in [-0.25, -0.2) is 4.79 Å². The molecule has 1 atom stereocenters. The van der Waals surface area contributed by atoms with Crippen molar-refractivity contribution in [1.82, 2.24) is 15.0 Å². The minimum absolute atomic E-state index is 0.132. The Morgan fingerprint density at radius 2 is 1.83 bits per heavy atom. The molecule has 2 aromatic carbocycles. The first-order valence-corrected chi connectivity index (χ1v) is 10.6. The first-order valence-electron chi connectivity index (χ1n) is 10.6. The van der Waals surface area contributed by atoms with Crippen LogP contribution >= 0.6 is 0 Å². The Morgan fingerprint density at radius 1 is 1.10 bits per heavy atom. The fourth-order valence-corrected chi connectivity index (χ4v) is 3.77. The van der Waals surface area contributed by atoms with Crippen molar-refractivity contribution in [2.75, 3.05) is 11.9 Å². The van der Waals surface area contributed by atoms with Gasteiger partial charge in [0.2, 0.25) is 11.7 Å². The molecule has 1 aromatic heterocycles. The number of urea groups is 1. The number of rotatable bonds is 4. The molecule has 0 spiro atoms. The van der Waals surface area contributed by atoms with Gasteiger partial charge in [-0.15, -0.1) is 0 Å². The minimum atomic E-state index is -0.208. The molecule has 0 bridgehead atoms. The summed E-state index contributed by atoms with van der Waals surface area (Å²) < 4.78 is 5.58. The number of carbonyl (C=O) groups excluding carboxylic acids is 1. The average molecular weight is 405 g/mol. The molecule has 1 N–H and O–H groups in total. The molecule has 1 saturated heterocycles. The third-order valence-corrected chi connectivity index (χ3v) is 5.63. The number of nitrogens with zero attached hydrogens (tertiary/aromatic N) is 3. The molecular formula is C24H28N4O2. The quantitative estimate of drug-likeness (QED) is 0.585. The Balaban J connectivity index is 1.50. The van der Waals surface area contributed by atoms with Crippen molar-refractivity contribution in [1.29, 1.82) is 0 Å². The van der Waals surface area contributed by atoms with Crippen LogP contribution in [0, 0.1) is 6.92 Å². The largest absolute Gasteiger partial charge is 0.337 e. The minimum Gasteiger partial charge on any atom is -0.337 e. The summed E-state index contributed by atoms with van der Waals surface area (Å²) in [6.45, 7) is 7.02. The van der Waals surface area contributed by atoms with E-state index in [1.54, 1.807) is 0 Å². The number of anilines is 1. The number of amides is 2. The lowest BCUT2D eigenvalue weighted by Crippen LogP contribution is -2.41. The molecule has 1 aliphatic heterocycles. The number of nitrogens with one attached hydrogen (secondary N) is 1. The van der Waals surface area contributed by atoms with Crippen LogP contribution in [0.4, 0.5) is 10.5 Å². The smallest absolute Gasteiger partial charge is 0.322 e. The van der Waals surface area contributed by atoms with Crippen molar-refractivity contribution in [3.8, 4) is 11.4 Å². The molecule has 6 heteroatoms. The van der Waals surface area contributed by atoms with E-state index in [-0.39, 0.29) is 12.1 Å². The van der Waals surface area contributed by atoms with Crippen LogP contribution in [-0.4, -0.2) is 27.6 Å². The molecule has 30 heavy (non-hydrogen) atoms. The first kappa shape index (κ1) is 20.1. The third kappa shape index (κ3) is 4.37. The monoisotopic (exact) mass is 404 g/mol. The molecule has 156 valence electrons. The maximum absolute atomic E-state index is 13.0. The molecule has 2 amide bonds. The fourth-order valence-electron chi connectivity index (χ4n) is 3.77. The van der Waals surface area contributed by atoms with Crippen LogP contribution in [0.2, 0.25) is 0 Å². The van der Waals surface area contributed by atoms with Crippen LogP contribution in [0.25, 0.3) is 11.4 Å². The highest BCUT2D eigenvalue weighted by atomic mass is 16.5. The summed E-state index contributed by atoms with van der Waals surface area (Å²) in [6.07, 6.45) is 2.81. The van der Waals surface area contributed by atoms with E-state index in [0.29, 0.717) is 24.2 Å². The Labute approximate surface area is 177 Å². The SMILES string of the molecule is Cc1ccc(-c2noc(C3CCCCN3C(=O)Nc3ccc(C(C)C)cc3)n2)cc1. The summed E-state index contributed by atoms with van der Waals surface area (Å²) in [7, 11) is 0. The number of aryl methyl sites for hydroxylation is 1. The fraction of sp³-hybridized carbons (Fsp3) is 0.375. The lowest BCUT2D eigenvalue weighted by Gasteiger charge is -2.33. The van der Waals surface area contributed by atoms with Gasteiger partial charge in [-0.2, -0.15) is 4.98 Å². The summed E-state index contributed by atoms with van der Waals surface area (Å²) in [5.74, 6) is 1.51. The van der Waals surface area contributed by atoms with E-state index in [2.05, 4.69) is 41.4 Å². The van der Waals surface area contributed by atoms with Crippen LogP contribution in [0.15, 0.2) is 53.1 Å². The van der Waals surface area contributed by atoms with E-state index in [1.165, 1.54) is 11.1 Å². The normalized spacial score (nSPS) is 16.7. The van der Waals surface area contributed by atoms with Gasteiger partial charge < -0.3 is 14.7 Å². The lowest BCUT2D eigenvalue weighted by atomic mass is 10.0. The summed E-state index contributed by atoms with van der Waals surface area (Å²) in [5.41, 5.74) is 4.13. The number of hydrogen-bond donors (Lipinski definition) is 1. The average Bonchev–Trinajstić information content (AvgIpc) is 3.25. The van der Waals surface area contributed by atoms with Crippen LogP contribution in [0.5, 0.6) is 0 Å². The maximum Gasteiger partial charge on any atom is 0.322 e. The number of carbonyl (C=O) groups is 1. The van der Waals surface area contributed by atoms with Gasteiger partial charge in [0.1, 0.15) is 6.04 Å². The van der Waals surface area contributed by atoms with Crippen molar-refractivity contribution in [2.45, 2.75) is 52.0 Å². The zero-order valence-corrected chi connectivity index (χ0v) is 17.8. The molecule has 1 aliphatic rings. The summed E-state index contributed by atoms with van der Waals surface area (Å²) in [5, 5.41) is 7.17. The number of benzene rings is 2. The van der Waals surface area contributed by atoms with Crippen LogP contribution in [0.1, 0.15) is 62.1 Å². The Kier molecular flexibility index (Phi) is 5.84. The molecule has 0 saturated carbocycles. The van der Waals surface area contributed by atoms with E-state index in [1.807, 2.05) is 48.2 Å². The van der Waals surface area contributed by atoms with Crippen molar-refractivity contribution >= 4 is 11.7 Å². The highest BCUT2D eigenvalue weighted by Crippen LogP contribution is 2.32. The molecule has 2 heterocycles. The second-order valence-corrected chi connectivity index (χ2v) is 8.23. The van der Waals surface area contributed by atoms with Gasteiger partial charge in [0, 0.05) is 17.8 Å². The van der Waals surface area contributed by atoms with Crippen molar-refractivity contribution in [2.24, 2.45) is 0 Å². The standard InChI is InChI=1S/C24H28N4O2/c1-16(2)18-11-13-20(14-12-18)25-24(29)28-15-5-4-6-21(28)23-26-22(27-30-23)19-9-7-17(3)8-10-19/h7-14,16,21H,4-6,15H2,1-3H3,(H,25,29).